The highest BCUT2D eigenvalue weighted by Gasteiger charge is 2.24. The van der Waals surface area contributed by atoms with Crippen LogP contribution < -0.4 is 4.90 Å². The van der Waals surface area contributed by atoms with E-state index in [4.69, 9.17) is 14.4 Å². The van der Waals surface area contributed by atoms with Crippen LogP contribution in [0, 0.1) is 0 Å². The Morgan fingerprint density at radius 1 is 0.390 bits per heavy atom. The van der Waals surface area contributed by atoms with Crippen LogP contribution in [0.2, 0.25) is 0 Å². The van der Waals surface area contributed by atoms with Crippen molar-refractivity contribution in [2.75, 3.05) is 4.90 Å². The third-order valence-corrected chi connectivity index (χ3v) is 12.6. The van der Waals surface area contributed by atoms with Gasteiger partial charge in [0, 0.05) is 59.5 Å². The summed E-state index contributed by atoms with van der Waals surface area (Å²) >= 11 is 1.83. The number of furan rings is 1. The van der Waals surface area contributed by atoms with Crippen molar-refractivity contribution in [3.05, 3.63) is 200 Å². The predicted molar refractivity (Wildman–Crippen MR) is 245 cm³/mol. The molecule has 5 heteroatoms. The van der Waals surface area contributed by atoms with Crippen molar-refractivity contribution >= 4 is 72.4 Å². The second kappa shape index (κ2) is 13.6. The van der Waals surface area contributed by atoms with Crippen molar-refractivity contribution in [3.63, 3.8) is 0 Å². The lowest BCUT2D eigenvalue weighted by Crippen LogP contribution is -2.10. The molecule has 0 amide bonds. The summed E-state index contributed by atoms with van der Waals surface area (Å²) in [4.78, 5) is 15.4. The van der Waals surface area contributed by atoms with Gasteiger partial charge < -0.3 is 9.32 Å². The lowest BCUT2D eigenvalue weighted by Gasteiger charge is -2.28. The Balaban J connectivity index is 1.00. The highest BCUT2D eigenvalue weighted by Crippen LogP contribution is 2.51. The fourth-order valence-corrected chi connectivity index (χ4v) is 9.83. The lowest BCUT2D eigenvalue weighted by atomic mass is 9.94. The van der Waals surface area contributed by atoms with Gasteiger partial charge in [-0.15, -0.1) is 0 Å². The van der Waals surface area contributed by atoms with Gasteiger partial charge in [-0.1, -0.05) is 133 Å². The number of hydrogen-bond acceptors (Lipinski definition) is 5. The maximum absolute atomic E-state index is 6.32. The van der Waals surface area contributed by atoms with Crippen LogP contribution in [-0.2, 0) is 0 Å². The molecule has 1 aliphatic heterocycles. The van der Waals surface area contributed by atoms with Gasteiger partial charge in [-0.3, -0.25) is 0 Å². The minimum absolute atomic E-state index is 0.699. The molecule has 1 aliphatic rings. The van der Waals surface area contributed by atoms with Crippen LogP contribution in [0.5, 0.6) is 0 Å². The predicted octanol–water partition coefficient (Wildman–Crippen LogP) is 15.3. The molecule has 2 aromatic heterocycles. The fraction of sp³-hybridized carbons (Fsp3) is 0. The van der Waals surface area contributed by atoms with E-state index in [9.17, 15) is 0 Å². The summed E-state index contributed by atoms with van der Waals surface area (Å²) in [5.74, 6) is 0.699. The van der Waals surface area contributed by atoms with E-state index in [2.05, 4.69) is 187 Å². The van der Waals surface area contributed by atoms with Crippen LogP contribution in [0.4, 0.5) is 17.1 Å². The van der Waals surface area contributed by atoms with Crippen molar-refractivity contribution in [2.45, 2.75) is 9.79 Å². The van der Waals surface area contributed by atoms with Gasteiger partial charge in [-0.25, -0.2) is 9.97 Å². The first-order chi connectivity index (χ1) is 29.2. The average Bonchev–Trinajstić information content (AvgIpc) is 3.68. The lowest BCUT2D eigenvalue weighted by molar-refractivity contribution is 0.669. The fourth-order valence-electron chi connectivity index (χ4n) is 8.72. The van der Waals surface area contributed by atoms with Gasteiger partial charge in [-0.05, 0) is 107 Å². The van der Waals surface area contributed by atoms with E-state index in [0.717, 1.165) is 72.1 Å². The number of fused-ring (bicyclic) bond motifs is 6. The maximum atomic E-state index is 6.32. The number of benzene rings is 9. The summed E-state index contributed by atoms with van der Waals surface area (Å²) < 4.78 is 6.32. The zero-order valence-corrected chi connectivity index (χ0v) is 32.5. The Kier molecular flexibility index (Phi) is 7.75. The van der Waals surface area contributed by atoms with Crippen LogP contribution in [0.1, 0.15) is 0 Å². The van der Waals surface area contributed by atoms with Gasteiger partial charge >= 0.3 is 0 Å². The molecular formula is C54H33N3OS. The normalized spacial score (nSPS) is 12.0. The zero-order valence-electron chi connectivity index (χ0n) is 31.7. The highest BCUT2D eigenvalue weighted by atomic mass is 32.2. The van der Waals surface area contributed by atoms with E-state index in [0.29, 0.717) is 5.82 Å². The molecule has 0 N–H and O–H groups in total. The van der Waals surface area contributed by atoms with Crippen molar-refractivity contribution in [2.24, 2.45) is 0 Å². The quantitative estimate of drug-likeness (QED) is 0.168. The summed E-state index contributed by atoms with van der Waals surface area (Å²) in [6.07, 6.45) is 0. The monoisotopic (exact) mass is 771 g/mol. The molecule has 0 radical (unpaired) electrons. The van der Waals surface area contributed by atoms with Gasteiger partial charge in [0.25, 0.3) is 0 Å². The molecule has 0 saturated carbocycles. The van der Waals surface area contributed by atoms with E-state index in [-0.39, 0.29) is 0 Å². The molecule has 0 saturated heterocycles. The van der Waals surface area contributed by atoms with Gasteiger partial charge in [0.2, 0.25) is 0 Å². The summed E-state index contributed by atoms with van der Waals surface area (Å²) in [5.41, 5.74) is 13.6. The number of aromatic nitrogens is 2. The third-order valence-electron chi connectivity index (χ3n) is 11.5. The van der Waals surface area contributed by atoms with Crippen molar-refractivity contribution in [1.82, 2.24) is 9.97 Å². The summed E-state index contributed by atoms with van der Waals surface area (Å²) in [7, 11) is 0. The second-order valence-corrected chi connectivity index (χ2v) is 16.0. The zero-order chi connectivity index (χ0) is 38.9. The summed E-state index contributed by atoms with van der Waals surface area (Å²) in [6, 6.07) is 70.9. The Hall–Kier alpha value is -7.47. The first-order valence-electron chi connectivity index (χ1n) is 19.8. The molecule has 9 aromatic carbocycles. The van der Waals surface area contributed by atoms with Crippen molar-refractivity contribution in [1.29, 1.82) is 0 Å². The largest absolute Gasteiger partial charge is 0.456 e. The SMILES string of the molecule is c1ccc(-c2cccc(N(c3ccccc3)c3ccc4c(c3)-c3cccc5c(-c6nc(-c7ccc8c(c7)oc7ccccc78)c7ccccc7n6)ccc(c35)S4)c2)cc1. The van der Waals surface area contributed by atoms with Crippen LogP contribution in [0.3, 0.4) is 0 Å². The Morgan fingerprint density at radius 3 is 1.98 bits per heavy atom. The molecule has 276 valence electrons. The molecule has 12 rings (SSSR count). The van der Waals surface area contributed by atoms with Gasteiger partial charge in [0.1, 0.15) is 11.2 Å². The van der Waals surface area contributed by atoms with Crippen LogP contribution in [-0.4, -0.2) is 9.97 Å². The molecule has 0 spiro atoms. The van der Waals surface area contributed by atoms with E-state index in [1.165, 1.54) is 37.4 Å². The summed E-state index contributed by atoms with van der Waals surface area (Å²) in [5, 5.41) is 5.57. The Morgan fingerprint density at radius 2 is 1.08 bits per heavy atom. The minimum Gasteiger partial charge on any atom is -0.456 e. The number of hydrogen-bond donors (Lipinski definition) is 0. The number of anilines is 3. The van der Waals surface area contributed by atoms with Crippen molar-refractivity contribution < 1.29 is 4.42 Å². The molecular weight excluding hydrogens is 739 g/mol. The smallest absolute Gasteiger partial charge is 0.161 e. The molecule has 4 nitrogen and oxygen atoms in total. The first kappa shape index (κ1) is 33.6. The number of rotatable bonds is 6. The standard InChI is InChI=1S/C54H33N3OS/c1-3-13-34(14-4-1)35-15-11-18-38(31-35)57(37-16-5-2-6-17-37)39-26-29-50-46(33-39)43-22-12-21-42-44(28-30-51(59-50)52(42)43)54-55-47-23-9-7-20-45(47)53(56-54)36-25-27-41-40-19-8-10-24-48(40)58-49(41)32-36/h1-33H. The molecule has 11 aromatic rings. The molecule has 59 heavy (non-hydrogen) atoms. The molecule has 0 fully saturated rings. The Labute approximate surface area is 345 Å². The van der Waals surface area contributed by atoms with E-state index in [1.54, 1.807) is 0 Å². The van der Waals surface area contributed by atoms with Gasteiger partial charge in [-0.2, -0.15) is 0 Å². The summed E-state index contributed by atoms with van der Waals surface area (Å²) in [6.45, 7) is 0. The van der Waals surface area contributed by atoms with Gasteiger partial charge in [0.05, 0.1) is 11.2 Å². The number of nitrogens with zero attached hydrogens (tertiary/aromatic N) is 3. The maximum Gasteiger partial charge on any atom is 0.161 e. The number of para-hydroxylation sites is 3. The highest BCUT2D eigenvalue weighted by molar-refractivity contribution is 7.99. The molecule has 0 bridgehead atoms. The first-order valence-corrected chi connectivity index (χ1v) is 20.6. The molecule has 0 atom stereocenters. The van der Waals surface area contributed by atoms with Crippen LogP contribution in [0.15, 0.2) is 214 Å². The van der Waals surface area contributed by atoms with Crippen LogP contribution in [0.25, 0.3) is 88.5 Å². The molecule has 0 aliphatic carbocycles. The minimum atomic E-state index is 0.699. The average molecular weight is 772 g/mol. The molecule has 0 unspecified atom stereocenters. The third kappa shape index (κ3) is 5.62. The van der Waals surface area contributed by atoms with E-state index in [1.807, 2.05) is 30.0 Å². The Bertz CT molecular complexity index is 3430. The topological polar surface area (TPSA) is 42.2 Å². The van der Waals surface area contributed by atoms with Crippen molar-refractivity contribution in [3.8, 4) is 44.9 Å². The van der Waals surface area contributed by atoms with E-state index < -0.39 is 0 Å². The van der Waals surface area contributed by atoms with Gasteiger partial charge in [0.15, 0.2) is 5.82 Å². The second-order valence-electron chi connectivity index (χ2n) is 14.9. The van der Waals surface area contributed by atoms with E-state index >= 15 is 0 Å². The van der Waals surface area contributed by atoms with Crippen LogP contribution >= 0.6 is 11.8 Å². The molecule has 3 heterocycles.